The van der Waals surface area contributed by atoms with Gasteiger partial charge in [-0.25, -0.2) is 4.39 Å². The number of unbranched alkanes of at least 4 members (excludes halogenated alkanes) is 2. The lowest BCUT2D eigenvalue weighted by Gasteiger charge is -2.13. The zero-order valence-corrected chi connectivity index (χ0v) is 10.6. The van der Waals surface area contributed by atoms with Crippen molar-refractivity contribution in [2.45, 2.75) is 38.0 Å². The highest BCUT2D eigenvalue weighted by atomic mass is 35.5. The van der Waals surface area contributed by atoms with Gasteiger partial charge in [-0.3, -0.25) is 0 Å². The van der Waals surface area contributed by atoms with Gasteiger partial charge in [-0.05, 0) is 24.6 Å². The Balaban J connectivity index is 2.72. The van der Waals surface area contributed by atoms with Crippen molar-refractivity contribution in [3.05, 3.63) is 29.6 Å². The lowest BCUT2D eigenvalue weighted by Crippen LogP contribution is -1.97. The summed E-state index contributed by atoms with van der Waals surface area (Å²) in [5.41, 5.74) is 0.750. The number of benzene rings is 1. The fourth-order valence-corrected chi connectivity index (χ4v) is 2.00. The maximum Gasteiger partial charge on any atom is 0.123 e. The van der Waals surface area contributed by atoms with E-state index in [4.69, 9.17) is 16.3 Å². The molecule has 1 unspecified atom stereocenters. The molecular weight excluding hydrogens is 227 g/mol. The zero-order chi connectivity index (χ0) is 12.0. The van der Waals surface area contributed by atoms with E-state index in [0.717, 1.165) is 31.2 Å². The Labute approximate surface area is 102 Å². The third-order valence-corrected chi connectivity index (χ3v) is 3.04. The Bertz CT molecular complexity index is 328. The molecule has 1 aromatic rings. The van der Waals surface area contributed by atoms with Gasteiger partial charge in [0.2, 0.25) is 0 Å². The van der Waals surface area contributed by atoms with Gasteiger partial charge in [-0.2, -0.15) is 0 Å². The topological polar surface area (TPSA) is 9.23 Å². The van der Waals surface area contributed by atoms with Gasteiger partial charge in [0.1, 0.15) is 11.6 Å². The average Bonchev–Trinajstić information content (AvgIpc) is 2.29. The molecule has 0 amide bonds. The quantitative estimate of drug-likeness (QED) is 0.521. The molecule has 1 atom stereocenters. The molecule has 0 aliphatic heterocycles. The average molecular weight is 245 g/mol. The smallest absolute Gasteiger partial charge is 0.123 e. The molecule has 1 aromatic carbocycles. The second-order valence-corrected chi connectivity index (χ2v) is 4.38. The lowest BCUT2D eigenvalue weighted by molar-refractivity contribution is 0.406. The lowest BCUT2D eigenvalue weighted by atomic mass is 10.0. The van der Waals surface area contributed by atoms with Crippen molar-refractivity contribution in [2.75, 3.05) is 7.11 Å². The largest absolute Gasteiger partial charge is 0.496 e. The van der Waals surface area contributed by atoms with E-state index in [1.165, 1.54) is 12.1 Å². The molecule has 3 heteroatoms. The third kappa shape index (κ3) is 3.67. The SMILES string of the molecule is CCCCCC(Cl)c1cc(F)ccc1OC. The van der Waals surface area contributed by atoms with E-state index in [9.17, 15) is 4.39 Å². The summed E-state index contributed by atoms with van der Waals surface area (Å²) in [6.45, 7) is 2.14. The molecule has 1 nitrogen and oxygen atoms in total. The molecule has 0 aliphatic rings. The summed E-state index contributed by atoms with van der Waals surface area (Å²) in [6, 6.07) is 4.47. The van der Waals surface area contributed by atoms with Crippen LogP contribution in [0.15, 0.2) is 18.2 Å². The van der Waals surface area contributed by atoms with Crippen LogP contribution in [-0.4, -0.2) is 7.11 Å². The van der Waals surface area contributed by atoms with E-state index in [0.29, 0.717) is 5.75 Å². The van der Waals surface area contributed by atoms with Crippen LogP contribution in [0, 0.1) is 5.82 Å². The number of methoxy groups -OCH3 is 1. The van der Waals surface area contributed by atoms with Crippen LogP contribution in [0.3, 0.4) is 0 Å². The standard InChI is InChI=1S/C13H18ClFO/c1-3-4-5-6-12(14)11-9-10(15)7-8-13(11)16-2/h7-9,12H,3-6H2,1-2H3. The van der Waals surface area contributed by atoms with E-state index in [2.05, 4.69) is 6.92 Å². The molecule has 0 saturated heterocycles. The molecule has 1 rings (SSSR count). The van der Waals surface area contributed by atoms with Crippen LogP contribution in [0.1, 0.15) is 43.5 Å². The number of ether oxygens (including phenoxy) is 1. The Morgan fingerprint density at radius 1 is 1.38 bits per heavy atom. The first-order valence-electron chi connectivity index (χ1n) is 5.66. The van der Waals surface area contributed by atoms with Gasteiger partial charge in [0.25, 0.3) is 0 Å². The van der Waals surface area contributed by atoms with Crippen molar-refractivity contribution >= 4 is 11.6 Å². The molecular formula is C13H18ClFO. The molecule has 0 aromatic heterocycles. The molecule has 90 valence electrons. The fraction of sp³-hybridized carbons (Fsp3) is 0.538. The molecule has 0 N–H and O–H groups in total. The molecule has 0 heterocycles. The highest BCUT2D eigenvalue weighted by Crippen LogP contribution is 2.33. The first-order chi connectivity index (χ1) is 7.69. The molecule has 0 fully saturated rings. The second kappa shape index (κ2) is 6.74. The fourth-order valence-electron chi connectivity index (χ4n) is 1.68. The van der Waals surface area contributed by atoms with Crippen molar-refractivity contribution in [1.29, 1.82) is 0 Å². The first kappa shape index (κ1) is 13.3. The van der Waals surface area contributed by atoms with Crippen molar-refractivity contribution in [3.63, 3.8) is 0 Å². The van der Waals surface area contributed by atoms with Crippen LogP contribution in [0.25, 0.3) is 0 Å². The molecule has 16 heavy (non-hydrogen) atoms. The third-order valence-electron chi connectivity index (χ3n) is 2.59. The Morgan fingerprint density at radius 2 is 2.12 bits per heavy atom. The van der Waals surface area contributed by atoms with Crippen LogP contribution in [0.2, 0.25) is 0 Å². The van der Waals surface area contributed by atoms with Crippen molar-refractivity contribution in [1.82, 2.24) is 0 Å². The van der Waals surface area contributed by atoms with E-state index in [1.54, 1.807) is 13.2 Å². The number of rotatable bonds is 6. The number of hydrogen-bond donors (Lipinski definition) is 0. The Hall–Kier alpha value is -0.760. The summed E-state index contributed by atoms with van der Waals surface area (Å²) in [4.78, 5) is 0. The summed E-state index contributed by atoms with van der Waals surface area (Å²) in [7, 11) is 1.58. The maximum absolute atomic E-state index is 13.1. The van der Waals surface area contributed by atoms with Crippen molar-refractivity contribution in [2.24, 2.45) is 0 Å². The first-order valence-corrected chi connectivity index (χ1v) is 6.10. The van der Waals surface area contributed by atoms with Gasteiger partial charge in [0.05, 0.1) is 12.5 Å². The van der Waals surface area contributed by atoms with E-state index >= 15 is 0 Å². The summed E-state index contributed by atoms with van der Waals surface area (Å²) in [5, 5.41) is -0.169. The number of halogens is 2. The van der Waals surface area contributed by atoms with Crippen LogP contribution >= 0.6 is 11.6 Å². The Morgan fingerprint density at radius 3 is 2.75 bits per heavy atom. The van der Waals surface area contributed by atoms with Gasteiger partial charge in [-0.1, -0.05) is 26.2 Å². The van der Waals surface area contributed by atoms with E-state index in [-0.39, 0.29) is 11.2 Å². The highest BCUT2D eigenvalue weighted by molar-refractivity contribution is 6.21. The normalized spacial score (nSPS) is 12.5. The maximum atomic E-state index is 13.1. The summed E-state index contributed by atoms with van der Waals surface area (Å²) >= 11 is 6.25. The van der Waals surface area contributed by atoms with Gasteiger partial charge in [0, 0.05) is 5.56 Å². The van der Waals surface area contributed by atoms with E-state index < -0.39 is 0 Å². The van der Waals surface area contributed by atoms with Crippen LogP contribution in [0.5, 0.6) is 5.75 Å². The molecule has 0 bridgehead atoms. The minimum atomic E-state index is -0.267. The summed E-state index contributed by atoms with van der Waals surface area (Å²) in [6.07, 6.45) is 4.23. The summed E-state index contributed by atoms with van der Waals surface area (Å²) < 4.78 is 18.3. The van der Waals surface area contributed by atoms with Crippen LogP contribution < -0.4 is 4.74 Å². The molecule has 0 radical (unpaired) electrons. The monoisotopic (exact) mass is 244 g/mol. The van der Waals surface area contributed by atoms with Gasteiger partial charge < -0.3 is 4.74 Å². The zero-order valence-electron chi connectivity index (χ0n) is 9.80. The van der Waals surface area contributed by atoms with Crippen LogP contribution in [0.4, 0.5) is 4.39 Å². The molecule has 0 spiro atoms. The Kier molecular flexibility index (Phi) is 5.61. The second-order valence-electron chi connectivity index (χ2n) is 3.85. The number of alkyl halides is 1. The van der Waals surface area contributed by atoms with Crippen molar-refractivity contribution < 1.29 is 9.13 Å². The number of hydrogen-bond acceptors (Lipinski definition) is 1. The molecule has 0 aliphatic carbocycles. The predicted molar refractivity (Wildman–Crippen MR) is 65.7 cm³/mol. The predicted octanol–water partition coefficient (Wildman–Crippen LogP) is 4.69. The molecule has 0 saturated carbocycles. The van der Waals surface area contributed by atoms with E-state index in [1.807, 2.05) is 0 Å². The highest BCUT2D eigenvalue weighted by Gasteiger charge is 2.13. The van der Waals surface area contributed by atoms with Crippen molar-refractivity contribution in [3.8, 4) is 5.75 Å². The summed E-state index contributed by atoms with van der Waals surface area (Å²) in [5.74, 6) is 0.398. The van der Waals surface area contributed by atoms with Gasteiger partial charge >= 0.3 is 0 Å². The van der Waals surface area contributed by atoms with Gasteiger partial charge in [-0.15, -0.1) is 11.6 Å². The van der Waals surface area contributed by atoms with Crippen LogP contribution in [-0.2, 0) is 0 Å². The minimum Gasteiger partial charge on any atom is -0.496 e. The minimum absolute atomic E-state index is 0.169. The van der Waals surface area contributed by atoms with Gasteiger partial charge in [0.15, 0.2) is 0 Å².